The van der Waals surface area contributed by atoms with Crippen LogP contribution < -0.4 is 10.6 Å². The van der Waals surface area contributed by atoms with Crippen LogP contribution in [0, 0.1) is 10.1 Å². The summed E-state index contributed by atoms with van der Waals surface area (Å²) in [6.07, 6.45) is 0.341. The van der Waals surface area contributed by atoms with Crippen LogP contribution >= 0.6 is 0 Å². The molecule has 1 unspecified atom stereocenters. The van der Waals surface area contributed by atoms with E-state index in [2.05, 4.69) is 10.6 Å². The lowest BCUT2D eigenvalue weighted by Gasteiger charge is -2.23. The average Bonchev–Trinajstić information content (AvgIpc) is 2.44. The van der Waals surface area contributed by atoms with Crippen molar-refractivity contribution in [2.24, 2.45) is 0 Å². The molecule has 0 aliphatic carbocycles. The van der Waals surface area contributed by atoms with Crippen LogP contribution in [0.3, 0.4) is 0 Å². The summed E-state index contributed by atoms with van der Waals surface area (Å²) in [6.45, 7) is 8.61. The van der Waals surface area contributed by atoms with Gasteiger partial charge in [-0.1, -0.05) is 19.1 Å². The standard InChI is InChI=1S/C16H25N3O4/c1-5-13(18-15(20)23-16(2,3)4)11-17-10-12-6-8-14(9-7-12)19(21)22/h6-9,13,17H,5,10-11H2,1-4H3,(H,18,20). The Kier molecular flexibility index (Phi) is 6.96. The molecule has 0 fully saturated rings. The highest BCUT2D eigenvalue weighted by molar-refractivity contribution is 5.68. The number of carbonyl (C=O) groups excluding carboxylic acids is 1. The molecule has 0 saturated heterocycles. The van der Waals surface area contributed by atoms with Gasteiger partial charge >= 0.3 is 6.09 Å². The molecule has 1 amide bonds. The van der Waals surface area contributed by atoms with Gasteiger partial charge in [0, 0.05) is 31.3 Å². The fourth-order valence-corrected chi connectivity index (χ4v) is 1.90. The molecule has 0 bridgehead atoms. The highest BCUT2D eigenvalue weighted by Gasteiger charge is 2.18. The van der Waals surface area contributed by atoms with E-state index in [1.54, 1.807) is 12.1 Å². The van der Waals surface area contributed by atoms with E-state index in [1.807, 2.05) is 27.7 Å². The Morgan fingerprint density at radius 3 is 2.39 bits per heavy atom. The van der Waals surface area contributed by atoms with E-state index in [4.69, 9.17) is 4.74 Å². The maximum atomic E-state index is 11.7. The van der Waals surface area contributed by atoms with Gasteiger partial charge in [0.25, 0.3) is 5.69 Å². The van der Waals surface area contributed by atoms with E-state index in [0.29, 0.717) is 13.1 Å². The molecule has 1 aromatic carbocycles. The molecule has 7 heteroatoms. The Balaban J connectivity index is 2.39. The van der Waals surface area contributed by atoms with Gasteiger partial charge in [-0.3, -0.25) is 10.1 Å². The quantitative estimate of drug-likeness (QED) is 0.594. The Bertz CT molecular complexity index is 523. The first-order valence-corrected chi connectivity index (χ1v) is 7.65. The average molecular weight is 323 g/mol. The molecule has 0 aliphatic rings. The number of nitrogens with one attached hydrogen (secondary N) is 2. The second kappa shape index (κ2) is 8.47. The summed E-state index contributed by atoms with van der Waals surface area (Å²) in [5.74, 6) is 0. The van der Waals surface area contributed by atoms with Crippen LogP contribution in [0.2, 0.25) is 0 Å². The lowest BCUT2D eigenvalue weighted by molar-refractivity contribution is -0.384. The summed E-state index contributed by atoms with van der Waals surface area (Å²) >= 11 is 0. The fourth-order valence-electron chi connectivity index (χ4n) is 1.90. The second-order valence-corrected chi connectivity index (χ2v) is 6.31. The molecule has 0 saturated carbocycles. The zero-order valence-corrected chi connectivity index (χ0v) is 14.1. The Morgan fingerprint density at radius 1 is 1.30 bits per heavy atom. The first kappa shape index (κ1) is 18.9. The molecule has 0 heterocycles. The molecule has 1 atom stereocenters. The molecule has 128 valence electrons. The van der Waals surface area contributed by atoms with E-state index < -0.39 is 16.6 Å². The summed E-state index contributed by atoms with van der Waals surface area (Å²) < 4.78 is 5.23. The number of carbonyl (C=O) groups is 1. The Morgan fingerprint density at radius 2 is 1.91 bits per heavy atom. The van der Waals surface area contributed by atoms with Crippen LogP contribution in [-0.4, -0.2) is 29.2 Å². The number of nitro groups is 1. The lowest BCUT2D eigenvalue weighted by atomic mass is 10.2. The monoisotopic (exact) mass is 323 g/mol. The number of nitro benzene ring substituents is 1. The van der Waals surface area contributed by atoms with Crippen LogP contribution in [-0.2, 0) is 11.3 Å². The zero-order valence-electron chi connectivity index (χ0n) is 14.1. The fraction of sp³-hybridized carbons (Fsp3) is 0.562. The molecule has 23 heavy (non-hydrogen) atoms. The molecule has 1 aromatic rings. The van der Waals surface area contributed by atoms with Gasteiger partial charge in [-0.25, -0.2) is 4.79 Å². The van der Waals surface area contributed by atoms with Crippen molar-refractivity contribution in [1.82, 2.24) is 10.6 Å². The molecule has 0 aliphatic heterocycles. The molecule has 0 aromatic heterocycles. The van der Waals surface area contributed by atoms with Crippen molar-refractivity contribution in [3.8, 4) is 0 Å². The number of ether oxygens (including phenoxy) is 1. The van der Waals surface area contributed by atoms with E-state index in [9.17, 15) is 14.9 Å². The van der Waals surface area contributed by atoms with Crippen molar-refractivity contribution in [2.45, 2.75) is 52.3 Å². The molecule has 1 rings (SSSR count). The number of non-ortho nitro benzene ring substituents is 1. The van der Waals surface area contributed by atoms with Gasteiger partial charge in [0.05, 0.1) is 4.92 Å². The van der Waals surface area contributed by atoms with Crippen molar-refractivity contribution in [3.63, 3.8) is 0 Å². The van der Waals surface area contributed by atoms with Crippen LogP contribution in [0.1, 0.15) is 39.7 Å². The van der Waals surface area contributed by atoms with Gasteiger partial charge in [-0.2, -0.15) is 0 Å². The first-order valence-electron chi connectivity index (χ1n) is 7.65. The molecule has 7 nitrogen and oxygen atoms in total. The third kappa shape index (κ3) is 7.60. The predicted octanol–water partition coefficient (Wildman–Crippen LogP) is 2.99. The van der Waals surface area contributed by atoms with Gasteiger partial charge in [-0.15, -0.1) is 0 Å². The lowest BCUT2D eigenvalue weighted by Crippen LogP contribution is -2.43. The number of rotatable bonds is 7. The van der Waals surface area contributed by atoms with E-state index >= 15 is 0 Å². The largest absolute Gasteiger partial charge is 0.444 e. The topological polar surface area (TPSA) is 93.5 Å². The molecule has 0 radical (unpaired) electrons. The summed E-state index contributed by atoms with van der Waals surface area (Å²) in [7, 11) is 0. The highest BCUT2D eigenvalue weighted by atomic mass is 16.6. The highest BCUT2D eigenvalue weighted by Crippen LogP contribution is 2.11. The third-order valence-electron chi connectivity index (χ3n) is 3.08. The van der Waals surface area contributed by atoms with Crippen molar-refractivity contribution in [2.75, 3.05) is 6.54 Å². The Labute approximate surface area is 136 Å². The van der Waals surface area contributed by atoms with Crippen LogP contribution in [0.15, 0.2) is 24.3 Å². The molecular formula is C16H25N3O4. The van der Waals surface area contributed by atoms with Crippen LogP contribution in [0.4, 0.5) is 10.5 Å². The number of alkyl carbamates (subject to hydrolysis) is 1. The van der Waals surface area contributed by atoms with Gasteiger partial charge in [0.15, 0.2) is 0 Å². The number of hydrogen-bond donors (Lipinski definition) is 2. The summed E-state index contributed by atoms with van der Waals surface area (Å²) in [5, 5.41) is 16.6. The SMILES string of the molecule is CCC(CNCc1ccc([N+](=O)[O-])cc1)NC(=O)OC(C)(C)C. The number of amides is 1. The minimum absolute atomic E-state index is 0.0390. The van der Waals surface area contributed by atoms with Crippen molar-refractivity contribution >= 4 is 11.8 Å². The van der Waals surface area contributed by atoms with Gasteiger partial charge in [0.2, 0.25) is 0 Å². The maximum absolute atomic E-state index is 11.7. The van der Waals surface area contributed by atoms with Gasteiger partial charge < -0.3 is 15.4 Å². The van der Waals surface area contributed by atoms with Crippen molar-refractivity contribution in [1.29, 1.82) is 0 Å². The maximum Gasteiger partial charge on any atom is 0.407 e. The predicted molar refractivity (Wildman–Crippen MR) is 88.3 cm³/mol. The summed E-state index contributed by atoms with van der Waals surface area (Å²) in [6, 6.07) is 6.35. The van der Waals surface area contributed by atoms with E-state index in [-0.39, 0.29) is 11.7 Å². The van der Waals surface area contributed by atoms with Crippen LogP contribution in [0.5, 0.6) is 0 Å². The molecule has 0 spiro atoms. The first-order chi connectivity index (χ1) is 10.7. The van der Waals surface area contributed by atoms with Crippen molar-refractivity contribution < 1.29 is 14.5 Å². The molecular weight excluding hydrogens is 298 g/mol. The smallest absolute Gasteiger partial charge is 0.407 e. The normalized spacial score (nSPS) is 12.5. The zero-order chi connectivity index (χ0) is 17.5. The molecule has 2 N–H and O–H groups in total. The number of hydrogen-bond acceptors (Lipinski definition) is 5. The third-order valence-corrected chi connectivity index (χ3v) is 3.08. The summed E-state index contributed by atoms with van der Waals surface area (Å²) in [4.78, 5) is 21.9. The number of benzene rings is 1. The minimum Gasteiger partial charge on any atom is -0.444 e. The minimum atomic E-state index is -0.519. The van der Waals surface area contributed by atoms with Gasteiger partial charge in [0.1, 0.15) is 5.60 Å². The van der Waals surface area contributed by atoms with Gasteiger partial charge in [-0.05, 0) is 32.8 Å². The van der Waals surface area contributed by atoms with E-state index in [1.165, 1.54) is 12.1 Å². The summed E-state index contributed by atoms with van der Waals surface area (Å²) in [5.41, 5.74) is 0.503. The number of nitrogens with zero attached hydrogens (tertiary/aromatic N) is 1. The van der Waals surface area contributed by atoms with Crippen LogP contribution in [0.25, 0.3) is 0 Å². The van der Waals surface area contributed by atoms with E-state index in [0.717, 1.165) is 12.0 Å². The Hall–Kier alpha value is -2.15. The second-order valence-electron chi connectivity index (χ2n) is 6.31. The van der Waals surface area contributed by atoms with Crippen molar-refractivity contribution in [3.05, 3.63) is 39.9 Å².